The first-order valence-corrected chi connectivity index (χ1v) is 13.0. The summed E-state index contributed by atoms with van der Waals surface area (Å²) in [7, 11) is 0. The molecule has 38 heavy (non-hydrogen) atoms. The third kappa shape index (κ3) is 5.63. The first-order chi connectivity index (χ1) is 18.7. The van der Waals surface area contributed by atoms with E-state index in [1.165, 1.54) is 11.1 Å². The molecule has 3 aromatic carbocycles. The molecule has 0 bridgehead atoms. The molecule has 4 aromatic rings. The monoisotopic (exact) mass is 525 g/mol. The Balaban J connectivity index is 1.19. The van der Waals surface area contributed by atoms with Gasteiger partial charge in [0, 0.05) is 25.7 Å². The molecule has 192 valence electrons. The highest BCUT2D eigenvalue weighted by Crippen LogP contribution is 2.31. The quantitative estimate of drug-likeness (QED) is 0.335. The molecule has 0 unspecified atom stereocenters. The van der Waals surface area contributed by atoms with Gasteiger partial charge in [-0.25, -0.2) is 0 Å². The zero-order valence-corrected chi connectivity index (χ0v) is 21.5. The number of nitrogens with zero attached hydrogens (tertiary/aromatic N) is 3. The summed E-state index contributed by atoms with van der Waals surface area (Å²) in [6.07, 6.45) is 0.952. The van der Waals surface area contributed by atoms with Gasteiger partial charge in [-0.15, -0.1) is 0 Å². The zero-order chi connectivity index (χ0) is 25.7. The summed E-state index contributed by atoms with van der Waals surface area (Å²) >= 11 is 5.57. The van der Waals surface area contributed by atoms with Gasteiger partial charge in [0.25, 0.3) is 0 Å². The molecule has 0 aliphatic carbocycles. The molecule has 0 fully saturated rings. The number of hydrogen-bond donors (Lipinski definition) is 2. The van der Waals surface area contributed by atoms with Gasteiger partial charge in [-0.2, -0.15) is 9.97 Å². The molecule has 2 aliphatic rings. The maximum Gasteiger partial charge on any atom is 0.234 e. The summed E-state index contributed by atoms with van der Waals surface area (Å²) in [5.41, 5.74) is 3.70. The molecule has 0 saturated carbocycles. The molecule has 8 nitrogen and oxygen atoms in total. The van der Waals surface area contributed by atoms with Crippen molar-refractivity contribution >= 4 is 29.1 Å². The van der Waals surface area contributed by atoms with Crippen molar-refractivity contribution in [3.63, 3.8) is 0 Å². The van der Waals surface area contributed by atoms with Crippen LogP contribution in [0.5, 0.6) is 23.1 Å². The van der Waals surface area contributed by atoms with E-state index in [1.54, 1.807) is 0 Å². The molecule has 0 atom stereocenters. The van der Waals surface area contributed by atoms with Crippen molar-refractivity contribution in [1.29, 1.82) is 0 Å². The van der Waals surface area contributed by atoms with E-state index in [9.17, 15) is 0 Å². The van der Waals surface area contributed by atoms with Crippen LogP contribution >= 0.6 is 12.2 Å². The molecule has 6 rings (SSSR count). The minimum atomic E-state index is 0.368. The van der Waals surface area contributed by atoms with Crippen LogP contribution < -0.4 is 29.7 Å². The Morgan fingerprint density at radius 2 is 1.68 bits per heavy atom. The third-order valence-electron chi connectivity index (χ3n) is 6.39. The van der Waals surface area contributed by atoms with Crippen molar-refractivity contribution in [1.82, 2.24) is 15.3 Å². The topological polar surface area (TPSA) is 80.8 Å². The van der Waals surface area contributed by atoms with Gasteiger partial charge >= 0.3 is 0 Å². The fourth-order valence-electron chi connectivity index (χ4n) is 4.51. The Bertz CT molecular complexity index is 1450. The zero-order valence-electron chi connectivity index (χ0n) is 20.7. The number of aromatic nitrogens is 2. The molecule has 2 aliphatic heterocycles. The molecule has 2 N–H and O–H groups in total. The lowest BCUT2D eigenvalue weighted by atomic mass is 10.00. The van der Waals surface area contributed by atoms with E-state index in [-0.39, 0.29) is 0 Å². The van der Waals surface area contributed by atoms with Gasteiger partial charge in [-0.05, 0) is 59.6 Å². The van der Waals surface area contributed by atoms with E-state index in [2.05, 4.69) is 44.8 Å². The van der Waals surface area contributed by atoms with Crippen molar-refractivity contribution in [2.75, 3.05) is 30.0 Å². The predicted molar refractivity (Wildman–Crippen MR) is 150 cm³/mol. The number of rotatable bonds is 6. The number of para-hydroxylation sites is 1. The summed E-state index contributed by atoms with van der Waals surface area (Å²) < 4.78 is 17.4. The third-order valence-corrected chi connectivity index (χ3v) is 6.64. The summed E-state index contributed by atoms with van der Waals surface area (Å²) in [5, 5.41) is 6.77. The summed E-state index contributed by atoms with van der Waals surface area (Å²) in [5.74, 6) is 3.79. The molecule has 0 amide bonds. The maximum atomic E-state index is 6.08. The van der Waals surface area contributed by atoms with E-state index in [1.807, 2.05) is 54.6 Å². The van der Waals surface area contributed by atoms with Gasteiger partial charge in [-0.1, -0.05) is 48.5 Å². The van der Waals surface area contributed by atoms with Crippen LogP contribution in [0.1, 0.15) is 16.7 Å². The lowest BCUT2D eigenvalue weighted by Gasteiger charge is -2.30. The number of anilines is 2. The van der Waals surface area contributed by atoms with Crippen molar-refractivity contribution in [2.45, 2.75) is 19.5 Å². The first-order valence-electron chi connectivity index (χ1n) is 12.6. The highest BCUT2D eigenvalue weighted by molar-refractivity contribution is 7.80. The molecule has 3 heterocycles. The van der Waals surface area contributed by atoms with Crippen molar-refractivity contribution in [3.8, 4) is 23.1 Å². The van der Waals surface area contributed by atoms with Crippen LogP contribution in [0, 0.1) is 0 Å². The fraction of sp³-hybridized carbons (Fsp3) is 0.207. The first kappa shape index (κ1) is 24.0. The summed E-state index contributed by atoms with van der Waals surface area (Å²) in [4.78, 5) is 11.6. The Morgan fingerprint density at radius 3 is 2.55 bits per heavy atom. The fourth-order valence-corrected chi connectivity index (χ4v) is 4.67. The number of ether oxygens (including phenoxy) is 3. The second-order valence-electron chi connectivity index (χ2n) is 9.03. The normalized spacial score (nSPS) is 13.8. The summed E-state index contributed by atoms with van der Waals surface area (Å²) in [6, 6.07) is 25.8. The van der Waals surface area contributed by atoms with Crippen LogP contribution in [-0.4, -0.2) is 34.8 Å². The van der Waals surface area contributed by atoms with Gasteiger partial charge in [0.1, 0.15) is 24.8 Å². The average Bonchev–Trinajstić information content (AvgIpc) is 2.96. The van der Waals surface area contributed by atoms with Gasteiger partial charge in [-0.3, -0.25) is 0 Å². The second kappa shape index (κ2) is 10.9. The van der Waals surface area contributed by atoms with Crippen molar-refractivity contribution < 1.29 is 14.2 Å². The van der Waals surface area contributed by atoms with E-state index < -0.39 is 0 Å². The molecule has 1 aromatic heterocycles. The molecular formula is C29H27N5O3S. The van der Waals surface area contributed by atoms with Crippen LogP contribution in [0.3, 0.4) is 0 Å². The number of hydrogen-bond acceptors (Lipinski definition) is 7. The Kier molecular flexibility index (Phi) is 6.91. The molecule has 0 spiro atoms. The summed E-state index contributed by atoms with van der Waals surface area (Å²) in [6.45, 7) is 3.25. The molecule has 9 heteroatoms. The number of benzene rings is 3. The standard InChI is InChI=1S/C29H27N5O3S/c38-29(30-18-20-10-11-24-25(16-20)36-15-14-35-24)33-28-31-26(17-27(32-28)37-23-8-2-1-3-9-23)34-13-12-21-6-4-5-7-22(21)19-34/h1-11,16-17H,12-15,18-19H2,(H2,30,31,32,33,38). The maximum absolute atomic E-state index is 6.08. The van der Waals surface area contributed by atoms with Crippen LogP contribution in [0.4, 0.5) is 11.8 Å². The Morgan fingerprint density at radius 1 is 0.895 bits per heavy atom. The number of nitrogens with one attached hydrogen (secondary N) is 2. The predicted octanol–water partition coefficient (Wildman–Crippen LogP) is 5.09. The average molecular weight is 526 g/mol. The van der Waals surface area contributed by atoms with E-state index in [4.69, 9.17) is 31.4 Å². The van der Waals surface area contributed by atoms with Gasteiger partial charge < -0.3 is 29.7 Å². The van der Waals surface area contributed by atoms with E-state index in [0.717, 1.165) is 42.4 Å². The minimum absolute atomic E-state index is 0.368. The Hall–Kier alpha value is -4.37. The highest BCUT2D eigenvalue weighted by atomic mass is 32.1. The van der Waals surface area contributed by atoms with E-state index >= 15 is 0 Å². The van der Waals surface area contributed by atoms with Crippen LogP contribution in [-0.2, 0) is 19.5 Å². The highest BCUT2D eigenvalue weighted by Gasteiger charge is 2.20. The van der Waals surface area contributed by atoms with Crippen molar-refractivity contribution in [2.24, 2.45) is 0 Å². The molecule has 0 saturated heterocycles. The van der Waals surface area contributed by atoms with E-state index in [0.29, 0.717) is 42.4 Å². The van der Waals surface area contributed by atoms with Crippen molar-refractivity contribution in [3.05, 3.63) is 95.6 Å². The van der Waals surface area contributed by atoms with Crippen LogP contribution in [0.15, 0.2) is 78.9 Å². The lowest BCUT2D eigenvalue weighted by Crippen LogP contribution is -2.32. The SMILES string of the molecule is S=C(NCc1ccc2c(c1)OCCO2)Nc1nc(Oc2ccccc2)cc(N2CCc3ccccc3C2)n1. The molecular weight excluding hydrogens is 498 g/mol. The van der Waals surface area contributed by atoms with Crippen LogP contribution in [0.25, 0.3) is 0 Å². The second-order valence-corrected chi connectivity index (χ2v) is 9.44. The molecule has 0 radical (unpaired) electrons. The van der Waals surface area contributed by atoms with Gasteiger partial charge in [0.15, 0.2) is 16.6 Å². The smallest absolute Gasteiger partial charge is 0.234 e. The van der Waals surface area contributed by atoms with Crippen LogP contribution in [0.2, 0.25) is 0 Å². The Labute approximate surface area is 226 Å². The van der Waals surface area contributed by atoms with Gasteiger partial charge in [0.2, 0.25) is 11.8 Å². The number of thiocarbonyl (C=S) groups is 1. The lowest BCUT2D eigenvalue weighted by molar-refractivity contribution is 0.171. The minimum Gasteiger partial charge on any atom is -0.486 e. The largest absolute Gasteiger partial charge is 0.486 e. The number of fused-ring (bicyclic) bond motifs is 2. The van der Waals surface area contributed by atoms with Gasteiger partial charge in [0.05, 0.1) is 0 Å².